The van der Waals surface area contributed by atoms with Gasteiger partial charge in [0, 0.05) is 37.9 Å². The first-order valence-corrected chi connectivity index (χ1v) is 9.17. The van der Waals surface area contributed by atoms with Gasteiger partial charge in [0.05, 0.1) is 0 Å². The molecule has 140 valence electrons. The third-order valence-electron chi connectivity index (χ3n) is 5.02. The molecular formula is C19H22N6O2. The minimum absolute atomic E-state index is 0.00323. The van der Waals surface area contributed by atoms with Crippen molar-refractivity contribution < 1.29 is 9.32 Å². The van der Waals surface area contributed by atoms with Crippen LogP contribution in [0.15, 0.2) is 35.0 Å². The molecule has 3 aromatic heterocycles. The minimum Gasteiger partial charge on any atom is -0.334 e. The van der Waals surface area contributed by atoms with Crippen molar-refractivity contribution in [2.45, 2.75) is 38.6 Å². The molecule has 1 aliphatic rings. The summed E-state index contributed by atoms with van der Waals surface area (Å²) in [5.74, 6) is 1.07. The molecule has 27 heavy (non-hydrogen) atoms. The van der Waals surface area contributed by atoms with Crippen molar-refractivity contribution in [1.29, 1.82) is 0 Å². The fourth-order valence-electron chi connectivity index (χ4n) is 3.46. The van der Waals surface area contributed by atoms with Crippen molar-refractivity contribution in [2.75, 3.05) is 6.54 Å². The number of pyridine rings is 1. The minimum atomic E-state index is 0.00323. The highest BCUT2D eigenvalue weighted by atomic mass is 16.5. The monoisotopic (exact) mass is 366 g/mol. The van der Waals surface area contributed by atoms with Crippen LogP contribution in [0.2, 0.25) is 0 Å². The molecule has 1 aliphatic heterocycles. The molecule has 1 fully saturated rings. The highest BCUT2D eigenvalue weighted by Gasteiger charge is 2.30. The standard InChI is InChI=1S/C19H22N6O2/c1-13-12-16(22-24(13)2)19(26)25-11-5-6-14(25)8-9-17-21-18(27-23-17)15-7-3-4-10-20-15/h3-4,7,10,12,14H,5-6,8-9,11H2,1-2H3. The number of hydrogen-bond acceptors (Lipinski definition) is 6. The summed E-state index contributed by atoms with van der Waals surface area (Å²) in [6.45, 7) is 2.71. The van der Waals surface area contributed by atoms with Gasteiger partial charge in [-0.1, -0.05) is 11.2 Å². The predicted octanol–water partition coefficient (Wildman–Crippen LogP) is 2.41. The SMILES string of the molecule is Cc1cc(C(=O)N2CCCC2CCc2noc(-c3ccccn3)n2)nn1C. The van der Waals surface area contributed by atoms with E-state index in [4.69, 9.17) is 4.52 Å². The van der Waals surface area contributed by atoms with Crippen LogP contribution in [0.5, 0.6) is 0 Å². The quantitative estimate of drug-likeness (QED) is 0.689. The van der Waals surface area contributed by atoms with E-state index in [2.05, 4.69) is 20.2 Å². The van der Waals surface area contributed by atoms with Gasteiger partial charge in [-0.3, -0.25) is 14.5 Å². The highest BCUT2D eigenvalue weighted by Crippen LogP contribution is 2.24. The Morgan fingerprint density at radius 2 is 2.26 bits per heavy atom. The number of carbonyl (C=O) groups is 1. The molecule has 0 bridgehead atoms. The van der Waals surface area contributed by atoms with Crippen molar-refractivity contribution in [3.05, 3.63) is 47.7 Å². The van der Waals surface area contributed by atoms with E-state index in [1.165, 1.54) is 0 Å². The number of amides is 1. The van der Waals surface area contributed by atoms with Gasteiger partial charge >= 0.3 is 0 Å². The lowest BCUT2D eigenvalue weighted by atomic mass is 10.1. The zero-order chi connectivity index (χ0) is 18.8. The second-order valence-electron chi connectivity index (χ2n) is 6.86. The summed E-state index contributed by atoms with van der Waals surface area (Å²) in [5, 5.41) is 8.37. The lowest BCUT2D eigenvalue weighted by molar-refractivity contribution is 0.0723. The van der Waals surface area contributed by atoms with E-state index in [0.717, 1.165) is 31.5 Å². The Bertz CT molecular complexity index is 913. The van der Waals surface area contributed by atoms with E-state index in [-0.39, 0.29) is 11.9 Å². The number of carbonyl (C=O) groups excluding carboxylic acids is 1. The van der Waals surface area contributed by atoms with Crippen molar-refractivity contribution in [1.82, 2.24) is 29.8 Å². The topological polar surface area (TPSA) is 89.9 Å². The third kappa shape index (κ3) is 3.60. The molecule has 4 heterocycles. The Balaban J connectivity index is 1.40. The van der Waals surface area contributed by atoms with Crippen molar-refractivity contribution in [3.8, 4) is 11.6 Å². The molecule has 1 saturated heterocycles. The van der Waals surface area contributed by atoms with E-state index in [9.17, 15) is 4.79 Å². The van der Waals surface area contributed by atoms with Gasteiger partial charge in [-0.15, -0.1) is 0 Å². The number of rotatable bonds is 5. The second kappa shape index (κ2) is 7.30. The van der Waals surface area contributed by atoms with Gasteiger partial charge in [-0.05, 0) is 44.4 Å². The zero-order valence-corrected chi connectivity index (χ0v) is 15.5. The number of nitrogens with zero attached hydrogens (tertiary/aromatic N) is 6. The summed E-state index contributed by atoms with van der Waals surface area (Å²) < 4.78 is 7.04. The molecule has 1 atom stereocenters. The molecule has 0 aliphatic carbocycles. The Kier molecular flexibility index (Phi) is 4.70. The molecular weight excluding hydrogens is 344 g/mol. The largest absolute Gasteiger partial charge is 0.334 e. The van der Waals surface area contributed by atoms with Crippen LogP contribution in [0.25, 0.3) is 11.6 Å². The van der Waals surface area contributed by atoms with Crippen LogP contribution in [0, 0.1) is 6.92 Å². The Morgan fingerprint density at radius 1 is 1.37 bits per heavy atom. The molecule has 8 heteroatoms. The van der Waals surface area contributed by atoms with Gasteiger partial charge < -0.3 is 9.42 Å². The van der Waals surface area contributed by atoms with E-state index in [1.807, 2.05) is 43.1 Å². The van der Waals surface area contributed by atoms with E-state index >= 15 is 0 Å². The molecule has 0 spiro atoms. The summed E-state index contributed by atoms with van der Waals surface area (Å²) in [6.07, 6.45) is 5.15. The van der Waals surface area contributed by atoms with Crippen LogP contribution in [0.3, 0.4) is 0 Å². The number of aromatic nitrogens is 5. The molecule has 3 aromatic rings. The molecule has 8 nitrogen and oxygen atoms in total. The Morgan fingerprint density at radius 3 is 3.00 bits per heavy atom. The third-order valence-corrected chi connectivity index (χ3v) is 5.02. The highest BCUT2D eigenvalue weighted by molar-refractivity contribution is 5.92. The number of aryl methyl sites for hydroxylation is 3. The van der Waals surface area contributed by atoms with Crippen LogP contribution in [-0.2, 0) is 13.5 Å². The molecule has 4 rings (SSSR count). The summed E-state index contributed by atoms with van der Waals surface area (Å²) in [5.41, 5.74) is 2.15. The summed E-state index contributed by atoms with van der Waals surface area (Å²) in [4.78, 5) is 23.4. The normalized spacial score (nSPS) is 16.8. The maximum atomic E-state index is 12.8. The van der Waals surface area contributed by atoms with Gasteiger partial charge in [0.1, 0.15) is 5.69 Å². The summed E-state index contributed by atoms with van der Waals surface area (Å²) in [6, 6.07) is 7.58. The molecule has 0 saturated carbocycles. The summed E-state index contributed by atoms with van der Waals surface area (Å²) in [7, 11) is 1.85. The first-order chi connectivity index (χ1) is 13.1. The summed E-state index contributed by atoms with van der Waals surface area (Å²) >= 11 is 0. The number of likely N-dealkylation sites (tertiary alicyclic amines) is 1. The van der Waals surface area contributed by atoms with Crippen LogP contribution in [0.1, 0.15) is 41.3 Å². The Labute approximate surface area is 157 Å². The molecule has 1 unspecified atom stereocenters. The van der Waals surface area contributed by atoms with Gasteiger partial charge in [-0.25, -0.2) is 0 Å². The van der Waals surface area contributed by atoms with Crippen LogP contribution < -0.4 is 0 Å². The molecule has 0 aromatic carbocycles. The fraction of sp³-hybridized carbons (Fsp3) is 0.421. The maximum absolute atomic E-state index is 12.8. The Hall–Kier alpha value is -3.03. The second-order valence-corrected chi connectivity index (χ2v) is 6.86. The maximum Gasteiger partial charge on any atom is 0.276 e. The van der Waals surface area contributed by atoms with E-state index < -0.39 is 0 Å². The van der Waals surface area contributed by atoms with Crippen LogP contribution in [0.4, 0.5) is 0 Å². The van der Waals surface area contributed by atoms with Gasteiger partial charge in [0.25, 0.3) is 11.8 Å². The lowest BCUT2D eigenvalue weighted by Crippen LogP contribution is -2.36. The average Bonchev–Trinajstić information content (AvgIpc) is 3.41. The average molecular weight is 366 g/mol. The van der Waals surface area contributed by atoms with Crippen molar-refractivity contribution in [3.63, 3.8) is 0 Å². The zero-order valence-electron chi connectivity index (χ0n) is 15.5. The van der Waals surface area contributed by atoms with Crippen molar-refractivity contribution >= 4 is 5.91 Å². The predicted molar refractivity (Wildman–Crippen MR) is 97.9 cm³/mol. The van der Waals surface area contributed by atoms with Gasteiger partial charge in [0.2, 0.25) is 0 Å². The van der Waals surface area contributed by atoms with Gasteiger partial charge in [0.15, 0.2) is 11.5 Å². The first kappa shape index (κ1) is 17.4. The molecule has 1 amide bonds. The van der Waals surface area contributed by atoms with Gasteiger partial charge in [-0.2, -0.15) is 10.1 Å². The van der Waals surface area contributed by atoms with E-state index in [1.54, 1.807) is 10.9 Å². The molecule has 0 N–H and O–H groups in total. The number of hydrogen-bond donors (Lipinski definition) is 0. The molecule has 0 radical (unpaired) electrons. The first-order valence-electron chi connectivity index (χ1n) is 9.17. The van der Waals surface area contributed by atoms with Crippen LogP contribution >= 0.6 is 0 Å². The smallest absolute Gasteiger partial charge is 0.276 e. The van der Waals surface area contributed by atoms with Crippen LogP contribution in [-0.4, -0.2) is 48.3 Å². The van der Waals surface area contributed by atoms with Crippen molar-refractivity contribution in [2.24, 2.45) is 7.05 Å². The lowest BCUT2D eigenvalue weighted by Gasteiger charge is -2.23. The van der Waals surface area contributed by atoms with E-state index in [0.29, 0.717) is 29.5 Å². The fourth-order valence-corrected chi connectivity index (χ4v) is 3.46.